The summed E-state index contributed by atoms with van der Waals surface area (Å²) in [5.74, 6) is 1.73. The molecule has 0 amide bonds. The van der Waals surface area contributed by atoms with Crippen LogP contribution in [0.2, 0.25) is 0 Å². The largest absolute Gasteiger partial charge is 0.356 e. The number of hydrogen-bond donors (Lipinski definition) is 2. The van der Waals surface area contributed by atoms with Gasteiger partial charge < -0.3 is 10.6 Å². The molecule has 5 heteroatoms. The Balaban J connectivity index is 1.81. The van der Waals surface area contributed by atoms with Gasteiger partial charge in [0.25, 0.3) is 0 Å². The Morgan fingerprint density at radius 2 is 2.16 bits per heavy atom. The minimum absolute atomic E-state index is 0.126. The zero-order chi connectivity index (χ0) is 13.9. The molecule has 1 aliphatic rings. The Morgan fingerprint density at radius 1 is 1.42 bits per heavy atom. The lowest BCUT2D eigenvalue weighted by Gasteiger charge is -2.14. The third-order valence-corrected chi connectivity index (χ3v) is 4.05. The Hall–Kier alpha value is -1.10. The van der Waals surface area contributed by atoms with E-state index in [0.29, 0.717) is 0 Å². The van der Waals surface area contributed by atoms with Crippen molar-refractivity contribution >= 4 is 17.3 Å². The number of aromatic nitrogens is 1. The molecule has 0 unspecified atom stereocenters. The van der Waals surface area contributed by atoms with Crippen molar-refractivity contribution in [3.8, 4) is 0 Å². The van der Waals surface area contributed by atoms with Gasteiger partial charge in [-0.1, -0.05) is 20.8 Å². The molecule has 1 aromatic heterocycles. The van der Waals surface area contributed by atoms with E-state index in [2.05, 4.69) is 46.8 Å². The molecule has 2 rings (SSSR count). The van der Waals surface area contributed by atoms with E-state index in [1.54, 1.807) is 11.3 Å². The van der Waals surface area contributed by atoms with Gasteiger partial charge in [-0.05, 0) is 18.8 Å². The van der Waals surface area contributed by atoms with Crippen molar-refractivity contribution in [2.45, 2.75) is 45.6 Å². The lowest BCUT2D eigenvalue weighted by atomic mass is 9.93. The first-order valence-corrected chi connectivity index (χ1v) is 7.76. The van der Waals surface area contributed by atoms with Crippen LogP contribution in [0.25, 0.3) is 0 Å². The number of thiazole rings is 1. The van der Waals surface area contributed by atoms with E-state index >= 15 is 0 Å². The van der Waals surface area contributed by atoms with Crippen molar-refractivity contribution in [3.63, 3.8) is 0 Å². The Morgan fingerprint density at radius 3 is 2.68 bits per heavy atom. The van der Waals surface area contributed by atoms with Crippen molar-refractivity contribution in [1.82, 2.24) is 15.6 Å². The van der Waals surface area contributed by atoms with E-state index < -0.39 is 0 Å². The number of aliphatic imine (C=N–C) groups is 1. The first-order valence-electron chi connectivity index (χ1n) is 6.88. The molecule has 0 saturated heterocycles. The maximum atomic E-state index is 4.67. The maximum absolute atomic E-state index is 4.67. The van der Waals surface area contributed by atoms with E-state index in [4.69, 9.17) is 0 Å². The minimum atomic E-state index is 0.126. The summed E-state index contributed by atoms with van der Waals surface area (Å²) in [5, 5.41) is 9.94. The molecule has 1 saturated carbocycles. The molecule has 19 heavy (non-hydrogen) atoms. The third kappa shape index (κ3) is 4.49. The van der Waals surface area contributed by atoms with Gasteiger partial charge >= 0.3 is 0 Å². The molecule has 2 N–H and O–H groups in total. The lowest BCUT2D eigenvalue weighted by Crippen LogP contribution is -2.37. The van der Waals surface area contributed by atoms with Gasteiger partial charge in [-0.15, -0.1) is 11.3 Å². The Bertz CT molecular complexity index is 441. The van der Waals surface area contributed by atoms with Gasteiger partial charge in [0.05, 0.1) is 12.2 Å². The summed E-state index contributed by atoms with van der Waals surface area (Å²) in [6.45, 7) is 8.34. The van der Waals surface area contributed by atoms with Gasteiger partial charge in [-0.3, -0.25) is 4.99 Å². The highest BCUT2D eigenvalue weighted by Gasteiger charge is 2.21. The van der Waals surface area contributed by atoms with Crippen LogP contribution in [0.4, 0.5) is 0 Å². The molecule has 106 valence electrons. The van der Waals surface area contributed by atoms with E-state index in [0.717, 1.165) is 35.7 Å². The highest BCUT2D eigenvalue weighted by Crippen LogP contribution is 2.27. The number of nitrogens with one attached hydrogen (secondary N) is 2. The molecule has 1 aromatic rings. The summed E-state index contributed by atoms with van der Waals surface area (Å²) in [5.41, 5.74) is 1.29. The van der Waals surface area contributed by atoms with Crippen LogP contribution in [-0.4, -0.2) is 24.5 Å². The molecule has 0 radical (unpaired) electrons. The molecular weight excluding hydrogens is 256 g/mol. The molecule has 1 aliphatic carbocycles. The molecule has 0 bridgehead atoms. The van der Waals surface area contributed by atoms with Gasteiger partial charge in [0.15, 0.2) is 5.96 Å². The van der Waals surface area contributed by atoms with Crippen molar-refractivity contribution < 1.29 is 0 Å². The van der Waals surface area contributed by atoms with Crippen molar-refractivity contribution in [3.05, 3.63) is 16.1 Å². The molecule has 1 fully saturated rings. The van der Waals surface area contributed by atoms with Crippen LogP contribution < -0.4 is 10.6 Å². The number of hydrogen-bond acceptors (Lipinski definition) is 3. The topological polar surface area (TPSA) is 49.3 Å². The number of rotatable bonds is 4. The van der Waals surface area contributed by atoms with E-state index in [1.165, 1.54) is 12.8 Å². The fraction of sp³-hybridized carbons (Fsp3) is 0.714. The normalized spacial score (nSPS) is 16.5. The SMILES string of the molecule is CN=C(NCc1nc(C(C)(C)C)cs1)NCC1CC1. The Labute approximate surface area is 119 Å². The summed E-state index contributed by atoms with van der Waals surface area (Å²) < 4.78 is 0. The van der Waals surface area contributed by atoms with E-state index in [9.17, 15) is 0 Å². The van der Waals surface area contributed by atoms with Crippen LogP contribution in [0.15, 0.2) is 10.4 Å². The monoisotopic (exact) mass is 280 g/mol. The van der Waals surface area contributed by atoms with Gasteiger partial charge in [-0.25, -0.2) is 4.98 Å². The Kier molecular flexibility index (Phi) is 4.45. The van der Waals surface area contributed by atoms with Crippen LogP contribution in [-0.2, 0) is 12.0 Å². The third-order valence-electron chi connectivity index (χ3n) is 3.21. The van der Waals surface area contributed by atoms with Gasteiger partial charge in [0.2, 0.25) is 0 Å². The standard InChI is InChI=1S/C14H24N4S/c1-14(2,3)11-9-19-12(18-11)8-17-13(15-4)16-7-10-5-6-10/h9-10H,5-8H2,1-4H3,(H2,15,16,17). The van der Waals surface area contributed by atoms with Crippen molar-refractivity contribution in [2.75, 3.05) is 13.6 Å². The first kappa shape index (κ1) is 14.3. The van der Waals surface area contributed by atoms with E-state index in [-0.39, 0.29) is 5.41 Å². The van der Waals surface area contributed by atoms with Crippen LogP contribution in [0.3, 0.4) is 0 Å². The summed E-state index contributed by atoms with van der Waals surface area (Å²) in [6.07, 6.45) is 2.71. The highest BCUT2D eigenvalue weighted by molar-refractivity contribution is 7.09. The second-order valence-electron chi connectivity index (χ2n) is 6.13. The van der Waals surface area contributed by atoms with Crippen LogP contribution in [0.5, 0.6) is 0 Å². The summed E-state index contributed by atoms with van der Waals surface area (Å²) in [4.78, 5) is 8.90. The number of nitrogens with zero attached hydrogens (tertiary/aromatic N) is 2. The zero-order valence-corrected chi connectivity index (χ0v) is 13.1. The molecule has 0 spiro atoms. The minimum Gasteiger partial charge on any atom is -0.356 e. The fourth-order valence-corrected chi connectivity index (χ4v) is 2.64. The lowest BCUT2D eigenvalue weighted by molar-refractivity contribution is 0.570. The number of guanidine groups is 1. The first-order chi connectivity index (χ1) is 8.99. The predicted molar refractivity (Wildman–Crippen MR) is 81.7 cm³/mol. The smallest absolute Gasteiger partial charge is 0.191 e. The maximum Gasteiger partial charge on any atom is 0.191 e. The summed E-state index contributed by atoms with van der Waals surface area (Å²) in [6, 6.07) is 0. The molecule has 0 aromatic carbocycles. The zero-order valence-electron chi connectivity index (χ0n) is 12.3. The second-order valence-corrected chi connectivity index (χ2v) is 7.07. The second kappa shape index (κ2) is 5.90. The van der Waals surface area contributed by atoms with Crippen molar-refractivity contribution in [2.24, 2.45) is 10.9 Å². The highest BCUT2D eigenvalue weighted by atomic mass is 32.1. The van der Waals surface area contributed by atoms with Crippen LogP contribution >= 0.6 is 11.3 Å². The van der Waals surface area contributed by atoms with Crippen molar-refractivity contribution in [1.29, 1.82) is 0 Å². The van der Waals surface area contributed by atoms with Gasteiger partial charge in [-0.2, -0.15) is 0 Å². The van der Waals surface area contributed by atoms with Crippen LogP contribution in [0.1, 0.15) is 44.3 Å². The fourth-order valence-electron chi connectivity index (χ4n) is 1.68. The molecule has 0 atom stereocenters. The van der Waals surface area contributed by atoms with Gasteiger partial charge in [0.1, 0.15) is 5.01 Å². The van der Waals surface area contributed by atoms with Crippen LogP contribution in [0, 0.1) is 5.92 Å². The predicted octanol–water partition coefficient (Wildman–Crippen LogP) is 2.52. The van der Waals surface area contributed by atoms with E-state index in [1.807, 2.05) is 7.05 Å². The summed E-state index contributed by atoms with van der Waals surface area (Å²) >= 11 is 1.71. The average Bonchev–Trinajstić information content (AvgIpc) is 3.04. The summed E-state index contributed by atoms with van der Waals surface area (Å²) in [7, 11) is 1.81. The van der Waals surface area contributed by atoms with Gasteiger partial charge in [0, 0.05) is 24.4 Å². The molecule has 1 heterocycles. The molecular formula is C14H24N4S. The molecule has 0 aliphatic heterocycles. The quantitative estimate of drug-likeness (QED) is 0.658. The molecule has 4 nitrogen and oxygen atoms in total. The average molecular weight is 280 g/mol.